The second-order valence-electron chi connectivity index (χ2n) is 11.6. The second kappa shape index (κ2) is 6.66. The number of anilines is 1. The minimum Gasteiger partial charge on any atom is -0.424 e. The molecule has 1 saturated carbocycles. The van der Waals surface area contributed by atoms with Gasteiger partial charge in [0.1, 0.15) is 0 Å². The van der Waals surface area contributed by atoms with E-state index in [1.807, 2.05) is 0 Å². The summed E-state index contributed by atoms with van der Waals surface area (Å²) in [6.45, 7) is 17.1. The van der Waals surface area contributed by atoms with Crippen LogP contribution in [0.5, 0.6) is 0 Å². The predicted molar refractivity (Wildman–Crippen MR) is 129 cm³/mol. The maximum Gasteiger partial charge on any atom is 0.496 e. The third kappa shape index (κ3) is 3.51. The molecular weight excluding hydrogens is 387 g/mol. The third-order valence-corrected chi connectivity index (χ3v) is 8.18. The Bertz CT molecular complexity index is 907. The molecule has 2 saturated heterocycles. The molecule has 3 fully saturated rings. The van der Waals surface area contributed by atoms with Gasteiger partial charge in [0.15, 0.2) is 0 Å². The van der Waals surface area contributed by atoms with Crippen molar-refractivity contribution in [1.29, 1.82) is 0 Å². The second-order valence-corrected chi connectivity index (χ2v) is 11.6. The summed E-state index contributed by atoms with van der Waals surface area (Å²) in [5.74, 6) is 3.01. The van der Waals surface area contributed by atoms with E-state index in [1.54, 1.807) is 0 Å². The van der Waals surface area contributed by atoms with E-state index in [1.165, 1.54) is 12.8 Å². The SMILES string of the molecule is CC1(C)OB(c2cc3c(c(B4OC(C)(C)C(C)(C)O4)c2)NB(C2CC2)C=C3)OC1(C)C. The number of fused-ring (bicyclic) bond motifs is 1. The van der Waals surface area contributed by atoms with Gasteiger partial charge in [0.2, 0.25) is 0 Å². The van der Waals surface area contributed by atoms with Crippen molar-refractivity contribution >= 4 is 43.8 Å². The zero-order chi connectivity index (χ0) is 22.4. The van der Waals surface area contributed by atoms with Gasteiger partial charge in [-0.2, -0.15) is 0 Å². The van der Waals surface area contributed by atoms with Crippen LogP contribution in [0.3, 0.4) is 0 Å². The monoisotopic (exact) mass is 421 g/mol. The molecule has 4 aliphatic rings. The van der Waals surface area contributed by atoms with E-state index < -0.39 is 25.4 Å². The summed E-state index contributed by atoms with van der Waals surface area (Å²) in [7, 11) is -0.869. The van der Waals surface area contributed by atoms with Crippen LogP contribution in [-0.4, -0.2) is 43.5 Å². The Kier molecular flexibility index (Phi) is 4.65. The van der Waals surface area contributed by atoms with Gasteiger partial charge in [-0.15, -0.1) is 0 Å². The van der Waals surface area contributed by atoms with Crippen LogP contribution in [0.25, 0.3) is 6.08 Å². The molecule has 164 valence electrons. The first-order valence-electron chi connectivity index (χ1n) is 11.6. The topological polar surface area (TPSA) is 49.0 Å². The largest absolute Gasteiger partial charge is 0.496 e. The van der Waals surface area contributed by atoms with Crippen LogP contribution in [0.2, 0.25) is 5.82 Å². The molecule has 1 N–H and O–H groups in total. The molecule has 0 unspecified atom stereocenters. The Hall–Kier alpha value is -1.21. The van der Waals surface area contributed by atoms with Gasteiger partial charge < -0.3 is 23.8 Å². The Morgan fingerprint density at radius 3 is 1.81 bits per heavy atom. The van der Waals surface area contributed by atoms with Crippen molar-refractivity contribution in [2.24, 2.45) is 0 Å². The van der Waals surface area contributed by atoms with Gasteiger partial charge in [0.05, 0.1) is 22.4 Å². The van der Waals surface area contributed by atoms with Crippen LogP contribution in [0.15, 0.2) is 18.1 Å². The van der Waals surface area contributed by atoms with E-state index in [0.717, 1.165) is 28.0 Å². The van der Waals surface area contributed by atoms with Gasteiger partial charge >= 0.3 is 14.2 Å². The molecule has 1 aromatic carbocycles. The van der Waals surface area contributed by atoms with E-state index >= 15 is 0 Å². The number of hydrogen-bond donors (Lipinski definition) is 1. The maximum absolute atomic E-state index is 6.46. The van der Waals surface area contributed by atoms with Gasteiger partial charge in [-0.05, 0) is 72.2 Å². The van der Waals surface area contributed by atoms with Crippen molar-refractivity contribution in [1.82, 2.24) is 0 Å². The lowest BCUT2D eigenvalue weighted by Gasteiger charge is -2.32. The third-order valence-electron chi connectivity index (χ3n) is 8.18. The van der Waals surface area contributed by atoms with Crippen LogP contribution >= 0.6 is 0 Å². The van der Waals surface area contributed by atoms with Crippen LogP contribution in [-0.2, 0) is 18.6 Å². The molecule has 0 spiro atoms. The smallest absolute Gasteiger partial charge is 0.424 e. The number of rotatable bonds is 3. The van der Waals surface area contributed by atoms with Gasteiger partial charge in [-0.25, -0.2) is 0 Å². The van der Waals surface area contributed by atoms with E-state index in [0.29, 0.717) is 6.85 Å². The molecule has 1 aliphatic carbocycles. The zero-order valence-electron chi connectivity index (χ0n) is 20.2. The number of benzene rings is 1. The summed E-state index contributed by atoms with van der Waals surface area (Å²) in [5, 5.41) is 3.78. The summed E-state index contributed by atoms with van der Waals surface area (Å²) < 4.78 is 25.6. The van der Waals surface area contributed by atoms with E-state index in [2.05, 4.69) is 84.8 Å². The number of nitrogens with one attached hydrogen (secondary N) is 1. The lowest BCUT2D eigenvalue weighted by Crippen LogP contribution is -2.44. The quantitative estimate of drug-likeness (QED) is 0.759. The van der Waals surface area contributed by atoms with Crippen molar-refractivity contribution in [2.45, 2.75) is 96.5 Å². The fourth-order valence-electron chi connectivity index (χ4n) is 4.43. The summed E-state index contributed by atoms with van der Waals surface area (Å²) in [5.41, 5.74) is 2.70. The molecule has 3 aliphatic heterocycles. The molecule has 3 heterocycles. The van der Waals surface area contributed by atoms with Crippen LogP contribution in [0.1, 0.15) is 73.8 Å². The molecule has 8 heteroatoms. The first-order valence-corrected chi connectivity index (χ1v) is 11.6. The van der Waals surface area contributed by atoms with Crippen LogP contribution < -0.4 is 16.2 Å². The summed E-state index contributed by atoms with van der Waals surface area (Å²) >= 11 is 0. The van der Waals surface area contributed by atoms with Crippen molar-refractivity contribution in [3.63, 3.8) is 0 Å². The van der Waals surface area contributed by atoms with E-state index in [9.17, 15) is 0 Å². The number of hydrogen-bond acceptors (Lipinski definition) is 5. The van der Waals surface area contributed by atoms with Crippen molar-refractivity contribution in [2.75, 3.05) is 5.23 Å². The van der Waals surface area contributed by atoms with Crippen LogP contribution in [0, 0.1) is 0 Å². The molecule has 0 bridgehead atoms. The highest BCUT2D eigenvalue weighted by molar-refractivity contribution is 6.74. The summed E-state index contributed by atoms with van der Waals surface area (Å²) in [4.78, 5) is 0. The van der Waals surface area contributed by atoms with Crippen molar-refractivity contribution in [3.8, 4) is 0 Å². The maximum atomic E-state index is 6.46. The molecule has 5 nitrogen and oxygen atoms in total. The fraction of sp³-hybridized carbons (Fsp3) is 0.652. The van der Waals surface area contributed by atoms with Crippen LogP contribution in [0.4, 0.5) is 5.69 Å². The minimum absolute atomic E-state index is 0.372. The molecule has 0 radical (unpaired) electrons. The highest BCUT2D eigenvalue weighted by atomic mass is 16.7. The molecular formula is C23H34B3NO4. The lowest BCUT2D eigenvalue weighted by molar-refractivity contribution is 0.00578. The lowest BCUT2D eigenvalue weighted by atomic mass is 9.54. The van der Waals surface area contributed by atoms with Gasteiger partial charge in [-0.3, -0.25) is 0 Å². The summed E-state index contributed by atoms with van der Waals surface area (Å²) in [6.07, 6.45) is 4.81. The predicted octanol–water partition coefficient (Wildman–Crippen LogP) is 3.42. The van der Waals surface area contributed by atoms with Crippen molar-refractivity contribution < 1.29 is 18.6 Å². The Balaban J connectivity index is 1.56. The average molecular weight is 421 g/mol. The fourth-order valence-corrected chi connectivity index (χ4v) is 4.43. The zero-order valence-corrected chi connectivity index (χ0v) is 20.2. The van der Waals surface area contributed by atoms with E-state index in [4.69, 9.17) is 18.6 Å². The summed E-state index contributed by atoms with van der Waals surface area (Å²) in [6, 6.07) is 4.33. The first-order chi connectivity index (χ1) is 14.3. The average Bonchev–Trinajstić information content (AvgIpc) is 3.43. The Morgan fingerprint density at radius 2 is 1.29 bits per heavy atom. The van der Waals surface area contributed by atoms with Gasteiger partial charge in [-0.1, -0.05) is 37.0 Å². The molecule has 5 rings (SSSR count). The normalized spacial score (nSPS) is 27.4. The Labute approximate surface area is 188 Å². The molecule has 0 atom stereocenters. The highest BCUT2D eigenvalue weighted by Crippen LogP contribution is 2.43. The van der Waals surface area contributed by atoms with E-state index in [-0.39, 0.29) is 11.2 Å². The van der Waals surface area contributed by atoms with Gasteiger partial charge in [0.25, 0.3) is 6.85 Å². The van der Waals surface area contributed by atoms with Gasteiger partial charge in [0, 0.05) is 11.2 Å². The Morgan fingerprint density at radius 1 is 0.774 bits per heavy atom. The molecule has 1 aromatic rings. The first kappa shape index (κ1) is 21.6. The molecule has 0 aromatic heterocycles. The highest BCUT2D eigenvalue weighted by Gasteiger charge is 2.55. The van der Waals surface area contributed by atoms with Crippen molar-refractivity contribution in [3.05, 3.63) is 23.7 Å². The molecule has 31 heavy (non-hydrogen) atoms. The standard InChI is InChI=1S/C23H34B3NO4/c1-20(2)21(3,4)29-25(28-20)17-13-15-11-12-24(16-9-10-16)27-19(15)18(14-17)26-30-22(5,6)23(7,8)31-26/h11-14,16,27H,9-10H2,1-8H3. The minimum atomic E-state index is -0.444. The molecule has 0 amide bonds.